The van der Waals surface area contributed by atoms with Crippen LogP contribution in [0.1, 0.15) is 60.9 Å². The number of amides is 2. The molecule has 1 N–H and O–H groups in total. The summed E-state index contributed by atoms with van der Waals surface area (Å²) in [6, 6.07) is 10.6. The fourth-order valence-electron chi connectivity index (χ4n) is 6.62. The smallest absolute Gasteiger partial charge is 0.255 e. The molecule has 3 aliphatic rings. The van der Waals surface area contributed by atoms with Crippen molar-refractivity contribution < 1.29 is 14.0 Å². The van der Waals surface area contributed by atoms with E-state index in [1.54, 1.807) is 24.5 Å². The van der Waals surface area contributed by atoms with Crippen molar-refractivity contribution in [3.05, 3.63) is 65.7 Å². The highest BCUT2D eigenvalue weighted by molar-refractivity contribution is 5.94. The monoisotopic (exact) mass is 478 g/mol. The van der Waals surface area contributed by atoms with Gasteiger partial charge in [-0.2, -0.15) is 0 Å². The second kappa shape index (κ2) is 10.9. The number of rotatable bonds is 7. The van der Waals surface area contributed by atoms with Gasteiger partial charge in [-0.1, -0.05) is 12.1 Å². The number of likely N-dealkylation sites (tertiary alicyclic amines) is 1. The predicted octanol–water partition coefficient (Wildman–Crippen LogP) is 4.02. The molecule has 0 radical (unpaired) electrons. The van der Waals surface area contributed by atoms with Gasteiger partial charge in [0.2, 0.25) is 5.91 Å². The van der Waals surface area contributed by atoms with E-state index in [9.17, 15) is 14.0 Å². The quantitative estimate of drug-likeness (QED) is 0.653. The molecular formula is C28H35FN4O2. The van der Waals surface area contributed by atoms with Gasteiger partial charge in [0.15, 0.2) is 0 Å². The van der Waals surface area contributed by atoms with Gasteiger partial charge in [0, 0.05) is 44.0 Å². The summed E-state index contributed by atoms with van der Waals surface area (Å²) in [7, 11) is 0. The molecule has 6 nitrogen and oxygen atoms in total. The van der Waals surface area contributed by atoms with Gasteiger partial charge in [-0.05, 0) is 93.3 Å². The largest absolute Gasteiger partial charge is 0.352 e. The van der Waals surface area contributed by atoms with Crippen LogP contribution in [0.3, 0.4) is 0 Å². The first-order valence-electron chi connectivity index (χ1n) is 13.1. The van der Waals surface area contributed by atoms with Gasteiger partial charge in [0.1, 0.15) is 5.82 Å². The molecule has 4 atom stereocenters. The van der Waals surface area contributed by atoms with E-state index in [0.29, 0.717) is 36.4 Å². The Balaban J connectivity index is 1.25. The van der Waals surface area contributed by atoms with Crippen molar-refractivity contribution in [1.82, 2.24) is 20.1 Å². The minimum atomic E-state index is -0.278. The number of carbonyl (C=O) groups excluding carboxylic acids is 2. The maximum Gasteiger partial charge on any atom is 0.255 e. The number of nitrogens with one attached hydrogen (secondary N) is 1. The van der Waals surface area contributed by atoms with Gasteiger partial charge in [-0.3, -0.25) is 19.5 Å². The fourth-order valence-corrected chi connectivity index (χ4v) is 6.62. The lowest BCUT2D eigenvalue weighted by atomic mass is 9.69. The third-order valence-electron chi connectivity index (χ3n) is 8.15. The third kappa shape index (κ3) is 5.40. The Labute approximate surface area is 206 Å². The van der Waals surface area contributed by atoms with Gasteiger partial charge < -0.3 is 10.2 Å². The molecule has 5 rings (SSSR count). The molecule has 0 aliphatic carbocycles. The number of pyridine rings is 1. The van der Waals surface area contributed by atoms with Crippen molar-refractivity contribution in [2.45, 2.75) is 63.6 Å². The van der Waals surface area contributed by atoms with Gasteiger partial charge in [0.25, 0.3) is 5.91 Å². The van der Waals surface area contributed by atoms with E-state index >= 15 is 0 Å². The maximum absolute atomic E-state index is 13.6. The van der Waals surface area contributed by atoms with Crippen LogP contribution in [0, 0.1) is 17.7 Å². The summed E-state index contributed by atoms with van der Waals surface area (Å²) in [6.45, 7) is 3.54. The molecule has 0 spiro atoms. The number of nitrogens with zero attached hydrogens (tertiary/aromatic N) is 3. The molecule has 2 amide bonds. The zero-order valence-corrected chi connectivity index (χ0v) is 20.2. The molecule has 0 saturated carbocycles. The number of carbonyl (C=O) groups is 2. The summed E-state index contributed by atoms with van der Waals surface area (Å²) in [4.78, 5) is 35.1. The molecule has 3 aliphatic heterocycles. The number of hydrogen-bond acceptors (Lipinski definition) is 4. The van der Waals surface area contributed by atoms with Crippen molar-refractivity contribution in [3.8, 4) is 0 Å². The predicted molar refractivity (Wildman–Crippen MR) is 132 cm³/mol. The summed E-state index contributed by atoms with van der Waals surface area (Å²) >= 11 is 0. The first kappa shape index (κ1) is 23.9. The van der Waals surface area contributed by atoms with Crippen molar-refractivity contribution >= 4 is 11.8 Å². The summed E-state index contributed by atoms with van der Waals surface area (Å²) in [5, 5.41) is 2.95. The molecule has 0 unspecified atom stereocenters. The summed E-state index contributed by atoms with van der Waals surface area (Å²) < 4.78 is 13.1. The first-order chi connectivity index (χ1) is 17.1. The Hall–Kier alpha value is -2.80. The average Bonchev–Trinajstić information content (AvgIpc) is 2.89. The highest BCUT2D eigenvalue weighted by Crippen LogP contribution is 2.43. The number of halogens is 1. The van der Waals surface area contributed by atoms with E-state index < -0.39 is 0 Å². The van der Waals surface area contributed by atoms with Crippen LogP contribution in [0.2, 0.25) is 0 Å². The van der Waals surface area contributed by atoms with Crippen molar-refractivity contribution in [2.24, 2.45) is 11.8 Å². The van der Waals surface area contributed by atoms with E-state index in [4.69, 9.17) is 0 Å². The molecule has 3 fully saturated rings. The van der Waals surface area contributed by atoms with Crippen LogP contribution in [0.4, 0.5) is 4.39 Å². The van der Waals surface area contributed by atoms with Crippen molar-refractivity contribution in [3.63, 3.8) is 0 Å². The van der Waals surface area contributed by atoms with Crippen molar-refractivity contribution in [2.75, 3.05) is 19.6 Å². The Kier molecular flexibility index (Phi) is 7.42. The second-order valence-corrected chi connectivity index (χ2v) is 10.3. The Morgan fingerprint density at radius 2 is 1.89 bits per heavy atom. The topological polar surface area (TPSA) is 65.5 Å². The lowest BCUT2D eigenvalue weighted by molar-refractivity contribution is -0.121. The second-order valence-electron chi connectivity index (χ2n) is 10.3. The van der Waals surface area contributed by atoms with Gasteiger partial charge in [-0.15, -0.1) is 0 Å². The van der Waals surface area contributed by atoms with Crippen LogP contribution in [0.5, 0.6) is 0 Å². The van der Waals surface area contributed by atoms with E-state index in [-0.39, 0.29) is 23.7 Å². The van der Waals surface area contributed by atoms with E-state index in [0.717, 1.165) is 31.4 Å². The van der Waals surface area contributed by atoms with Crippen molar-refractivity contribution in [1.29, 1.82) is 0 Å². The van der Waals surface area contributed by atoms with E-state index in [1.807, 2.05) is 12.1 Å². The van der Waals surface area contributed by atoms with Gasteiger partial charge in [-0.25, -0.2) is 4.39 Å². The summed E-state index contributed by atoms with van der Waals surface area (Å²) in [5.74, 6) is 0.788. The van der Waals surface area contributed by atoms with Gasteiger partial charge >= 0.3 is 0 Å². The summed E-state index contributed by atoms with van der Waals surface area (Å²) in [5.41, 5.74) is 1.53. The van der Waals surface area contributed by atoms with Crippen LogP contribution in [0.25, 0.3) is 0 Å². The lowest BCUT2D eigenvalue weighted by Gasteiger charge is -2.57. The van der Waals surface area contributed by atoms with Crippen LogP contribution in [-0.4, -0.2) is 58.3 Å². The molecule has 4 heterocycles. The molecule has 3 saturated heterocycles. The minimum absolute atomic E-state index is 0.00363. The Morgan fingerprint density at radius 1 is 1.09 bits per heavy atom. The highest BCUT2D eigenvalue weighted by Gasteiger charge is 2.49. The molecule has 0 bridgehead atoms. The SMILES string of the molecule is O=C(CCC[C@@H]1[C@H]2CCCN3CCC[C@@H](CN1C(=O)c1cccnc1)[C@@H]23)NCc1ccc(F)cc1. The van der Waals surface area contributed by atoms with E-state index in [1.165, 1.54) is 44.5 Å². The van der Waals surface area contributed by atoms with Crippen LogP contribution >= 0.6 is 0 Å². The summed E-state index contributed by atoms with van der Waals surface area (Å²) in [6.07, 6.45) is 10.1. The molecule has 1 aromatic carbocycles. The molecule has 186 valence electrons. The number of aromatic nitrogens is 1. The normalized spacial score (nSPS) is 26.1. The standard InChI is InChI=1S/C28H35FN4O2/c29-23-12-10-20(11-13-23)17-31-26(34)9-1-8-25-24-7-4-16-32-15-3-6-22(27(24)32)19-33(25)28(35)21-5-2-14-30-18-21/h2,5,10-14,18,22,24-25,27H,1,3-4,6-9,15-17,19H2,(H,31,34)/t22-,24+,25+,27-/m0/s1. The van der Waals surface area contributed by atoms with Crippen LogP contribution < -0.4 is 5.32 Å². The molecular weight excluding hydrogens is 443 g/mol. The van der Waals surface area contributed by atoms with Gasteiger partial charge in [0.05, 0.1) is 5.56 Å². The minimum Gasteiger partial charge on any atom is -0.352 e. The molecule has 2 aromatic rings. The maximum atomic E-state index is 13.6. The van der Waals surface area contributed by atoms with E-state index in [2.05, 4.69) is 20.1 Å². The Morgan fingerprint density at radius 3 is 2.66 bits per heavy atom. The molecule has 35 heavy (non-hydrogen) atoms. The highest BCUT2D eigenvalue weighted by atomic mass is 19.1. The van der Waals surface area contributed by atoms with Crippen LogP contribution in [-0.2, 0) is 11.3 Å². The zero-order chi connectivity index (χ0) is 24.2. The zero-order valence-electron chi connectivity index (χ0n) is 20.2. The van der Waals surface area contributed by atoms with Crippen LogP contribution in [0.15, 0.2) is 48.8 Å². The average molecular weight is 479 g/mol. The molecule has 1 aromatic heterocycles. The third-order valence-corrected chi connectivity index (χ3v) is 8.15. The molecule has 7 heteroatoms. The first-order valence-corrected chi connectivity index (χ1v) is 13.1. The lowest BCUT2D eigenvalue weighted by Crippen LogP contribution is -2.65. The Bertz CT molecular complexity index is 1010. The fraction of sp³-hybridized carbons (Fsp3) is 0.536. The number of piperidine rings is 3. The number of benzene rings is 1. The number of hydrogen-bond donors (Lipinski definition) is 1.